The number of allylic oxidation sites excluding steroid dienone is 2. The number of hydrogen-bond donors (Lipinski definition) is 9. The van der Waals surface area contributed by atoms with Crippen LogP contribution in [-0.2, 0) is 33.2 Å². The Hall–Kier alpha value is -1.19. The molecule has 0 saturated carbocycles. The third-order valence-corrected chi connectivity index (χ3v) is 9.40. The topological polar surface area (TPSA) is 255 Å². The van der Waals surface area contributed by atoms with Gasteiger partial charge < -0.3 is 74.4 Å². The van der Waals surface area contributed by atoms with Crippen LogP contribution in [0.15, 0.2) is 11.6 Å². The molecular weight excluding hydrogens is 616 g/mol. The van der Waals surface area contributed by atoms with Crippen LogP contribution in [0, 0.1) is 11.3 Å². The molecule has 0 bridgehead atoms. The molecule has 4 rings (SSSR count). The zero-order valence-corrected chi connectivity index (χ0v) is 26.4. The molecule has 0 aromatic heterocycles. The zero-order chi connectivity index (χ0) is 34.1. The van der Waals surface area contributed by atoms with Gasteiger partial charge >= 0.3 is 0 Å². The van der Waals surface area contributed by atoms with Crippen LogP contribution in [-0.4, -0.2) is 164 Å². The Kier molecular flexibility index (Phi) is 12.7. The van der Waals surface area contributed by atoms with Crippen molar-refractivity contribution in [3.63, 3.8) is 0 Å². The number of ether oxygens (including phenoxy) is 6. The summed E-state index contributed by atoms with van der Waals surface area (Å²) >= 11 is 0. The Morgan fingerprint density at radius 1 is 0.870 bits per heavy atom. The molecule has 3 fully saturated rings. The molecule has 266 valence electrons. The molecule has 16 nitrogen and oxygen atoms in total. The fraction of sp³-hybridized carbons (Fsp3) is 0.900. The Morgan fingerprint density at radius 3 is 2.15 bits per heavy atom. The summed E-state index contributed by atoms with van der Waals surface area (Å²) in [7, 11) is 0. The highest BCUT2D eigenvalue weighted by atomic mass is 16.8. The van der Waals surface area contributed by atoms with Gasteiger partial charge in [-0.25, -0.2) is 0 Å². The summed E-state index contributed by atoms with van der Waals surface area (Å²) in [5.74, 6) is 0.165. The first-order chi connectivity index (χ1) is 21.5. The second kappa shape index (κ2) is 15.6. The molecule has 3 aliphatic heterocycles. The highest BCUT2D eigenvalue weighted by molar-refractivity contribution is 5.91. The normalized spacial score (nSPS) is 45.7. The van der Waals surface area contributed by atoms with E-state index in [9.17, 15) is 50.8 Å². The van der Waals surface area contributed by atoms with Gasteiger partial charge in [-0.15, -0.1) is 0 Å². The first-order valence-corrected chi connectivity index (χ1v) is 15.7. The number of rotatable bonds is 11. The van der Waals surface area contributed by atoms with Gasteiger partial charge in [0.25, 0.3) is 0 Å². The van der Waals surface area contributed by atoms with Gasteiger partial charge in [-0.2, -0.15) is 0 Å². The van der Waals surface area contributed by atoms with Crippen molar-refractivity contribution in [2.75, 3.05) is 19.8 Å². The largest absolute Gasteiger partial charge is 0.394 e. The van der Waals surface area contributed by atoms with Crippen LogP contribution in [0.25, 0.3) is 0 Å². The van der Waals surface area contributed by atoms with E-state index >= 15 is 0 Å². The van der Waals surface area contributed by atoms with Crippen molar-refractivity contribution in [3.8, 4) is 0 Å². The molecule has 16 heteroatoms. The van der Waals surface area contributed by atoms with Gasteiger partial charge in [0.15, 0.2) is 24.7 Å². The van der Waals surface area contributed by atoms with E-state index in [4.69, 9.17) is 28.4 Å². The quantitative estimate of drug-likeness (QED) is 0.105. The van der Waals surface area contributed by atoms with E-state index in [2.05, 4.69) is 0 Å². The van der Waals surface area contributed by atoms with Crippen molar-refractivity contribution in [1.82, 2.24) is 0 Å². The number of carbonyl (C=O) groups excluding carboxylic acids is 1. The van der Waals surface area contributed by atoms with Crippen LogP contribution >= 0.6 is 0 Å². The lowest BCUT2D eigenvalue weighted by molar-refractivity contribution is -0.374. The van der Waals surface area contributed by atoms with Gasteiger partial charge in [0, 0.05) is 6.42 Å². The highest BCUT2D eigenvalue weighted by Crippen LogP contribution is 2.42. The third kappa shape index (κ3) is 8.33. The maximum Gasteiger partial charge on any atom is 0.187 e. The van der Waals surface area contributed by atoms with Crippen LogP contribution in [0.4, 0.5) is 0 Å². The predicted octanol–water partition coefficient (Wildman–Crippen LogP) is -3.18. The summed E-state index contributed by atoms with van der Waals surface area (Å²) in [5.41, 5.74) is 0.691. The maximum absolute atomic E-state index is 12.1. The first-order valence-electron chi connectivity index (χ1n) is 15.7. The molecule has 4 aliphatic rings. The Labute approximate surface area is 267 Å². The van der Waals surface area contributed by atoms with E-state index in [-0.39, 0.29) is 23.7 Å². The number of aliphatic hydroxyl groups is 9. The predicted molar refractivity (Wildman–Crippen MR) is 153 cm³/mol. The lowest BCUT2D eigenvalue weighted by atomic mass is 9.66. The summed E-state index contributed by atoms with van der Waals surface area (Å²) in [6, 6.07) is 0. The van der Waals surface area contributed by atoms with Crippen LogP contribution in [0.2, 0.25) is 0 Å². The van der Waals surface area contributed by atoms with E-state index in [1.165, 1.54) is 0 Å². The molecular formula is C30H50O16. The zero-order valence-electron chi connectivity index (χ0n) is 26.4. The van der Waals surface area contributed by atoms with Crippen molar-refractivity contribution in [1.29, 1.82) is 0 Å². The van der Waals surface area contributed by atoms with Gasteiger partial charge in [-0.1, -0.05) is 19.4 Å². The molecule has 0 aromatic rings. The van der Waals surface area contributed by atoms with Gasteiger partial charge in [0.05, 0.1) is 25.9 Å². The van der Waals surface area contributed by atoms with Gasteiger partial charge in [0.1, 0.15) is 67.1 Å². The van der Waals surface area contributed by atoms with E-state index in [0.29, 0.717) is 19.3 Å². The van der Waals surface area contributed by atoms with Crippen molar-refractivity contribution in [2.45, 2.75) is 139 Å². The molecule has 16 atom stereocenters. The summed E-state index contributed by atoms with van der Waals surface area (Å²) in [6.45, 7) is 6.24. The smallest absolute Gasteiger partial charge is 0.187 e. The van der Waals surface area contributed by atoms with Gasteiger partial charge in [-0.05, 0) is 44.1 Å². The lowest BCUT2D eigenvalue weighted by Crippen LogP contribution is -2.65. The summed E-state index contributed by atoms with van der Waals surface area (Å²) in [5, 5.41) is 92.6. The SMILES string of the molecule is CC1=CC(=O)CC(C)(C)[C@H]1CC[C@H](C)O[C@@H]1O[C@H](CO[C@@H]2OC[C@@H](O)[C@H](O)[C@H]2O)[C@@H](O)[C@H](O)[C@H]1O[C@@H]1O[C@H](CO)[C@H](O)[C@H](O)[C@H]1O. The fourth-order valence-corrected chi connectivity index (χ4v) is 6.66. The molecule has 0 radical (unpaired) electrons. The van der Waals surface area contributed by atoms with Crippen molar-refractivity contribution < 1.29 is 79.2 Å². The maximum atomic E-state index is 12.1. The summed E-state index contributed by atoms with van der Waals surface area (Å²) < 4.78 is 34.2. The molecule has 0 amide bonds. The lowest BCUT2D eigenvalue weighted by Gasteiger charge is -2.47. The minimum atomic E-state index is -1.81. The fourth-order valence-electron chi connectivity index (χ4n) is 6.66. The molecule has 0 spiro atoms. The van der Waals surface area contributed by atoms with Crippen LogP contribution in [0.5, 0.6) is 0 Å². The Balaban J connectivity index is 1.48. The van der Waals surface area contributed by atoms with Crippen molar-refractivity contribution >= 4 is 5.78 Å². The van der Waals surface area contributed by atoms with Gasteiger partial charge in [0.2, 0.25) is 0 Å². The molecule has 0 aromatic carbocycles. The van der Waals surface area contributed by atoms with E-state index in [0.717, 1.165) is 5.57 Å². The second-order valence-electron chi connectivity index (χ2n) is 13.5. The second-order valence-corrected chi connectivity index (χ2v) is 13.5. The average molecular weight is 667 g/mol. The Bertz CT molecular complexity index is 1040. The number of ketones is 1. The van der Waals surface area contributed by atoms with Crippen LogP contribution < -0.4 is 0 Å². The van der Waals surface area contributed by atoms with E-state index in [1.54, 1.807) is 13.0 Å². The number of hydrogen-bond acceptors (Lipinski definition) is 16. The van der Waals surface area contributed by atoms with Gasteiger partial charge in [-0.3, -0.25) is 4.79 Å². The van der Waals surface area contributed by atoms with E-state index < -0.39 is 105 Å². The molecule has 1 aliphatic carbocycles. The number of carbonyl (C=O) groups is 1. The minimum absolute atomic E-state index is 0.0736. The third-order valence-electron chi connectivity index (χ3n) is 9.40. The highest BCUT2D eigenvalue weighted by Gasteiger charge is 2.52. The van der Waals surface area contributed by atoms with Crippen LogP contribution in [0.1, 0.15) is 47.0 Å². The minimum Gasteiger partial charge on any atom is -0.394 e. The van der Waals surface area contributed by atoms with E-state index in [1.807, 2.05) is 20.8 Å². The molecule has 0 unspecified atom stereocenters. The average Bonchev–Trinajstić information content (AvgIpc) is 2.98. The van der Waals surface area contributed by atoms with Crippen LogP contribution in [0.3, 0.4) is 0 Å². The van der Waals surface area contributed by atoms with Crippen molar-refractivity contribution in [3.05, 3.63) is 11.6 Å². The molecule has 3 heterocycles. The molecule has 46 heavy (non-hydrogen) atoms. The first kappa shape index (κ1) is 37.6. The summed E-state index contributed by atoms with van der Waals surface area (Å²) in [6.07, 6.45) is -19.0. The monoisotopic (exact) mass is 666 g/mol. The Morgan fingerprint density at radius 2 is 1.50 bits per heavy atom. The van der Waals surface area contributed by atoms with Crippen molar-refractivity contribution in [2.24, 2.45) is 11.3 Å². The molecule has 3 saturated heterocycles. The standard InChI is InChI=1S/C30H50O16/c1-12-7-14(32)8-30(3,4)15(12)6-5-13(2)43-29-26(46-28-25(40)22(37)20(35)17(9-31)44-28)23(38)21(36)18(45-29)11-42-27-24(39)19(34)16(33)10-41-27/h7,13,15-29,31,33-40H,5-6,8-11H2,1-4H3/t13-,15-,16+,17+,18+,19-,20-,21+,22-,23-,24+,25+,26+,27-,28-,29+/m0/s1. The summed E-state index contributed by atoms with van der Waals surface area (Å²) in [4.78, 5) is 12.1. The number of aliphatic hydroxyl groups excluding tert-OH is 9. The molecule has 9 N–H and O–H groups in total.